The van der Waals surface area contributed by atoms with Crippen molar-refractivity contribution in [1.82, 2.24) is 20.1 Å². The molecule has 0 aromatic carbocycles. The summed E-state index contributed by atoms with van der Waals surface area (Å²) in [6.45, 7) is 0.164. The average Bonchev–Trinajstić information content (AvgIpc) is 2.88. The molecule has 18 heavy (non-hydrogen) atoms. The molecule has 0 aliphatic rings. The lowest BCUT2D eigenvalue weighted by atomic mass is 10.4. The second-order valence-corrected chi connectivity index (χ2v) is 3.13. The summed E-state index contributed by atoms with van der Waals surface area (Å²) in [5, 5.41) is 19.9. The van der Waals surface area contributed by atoms with Gasteiger partial charge in [-0.05, 0) is 0 Å². The van der Waals surface area contributed by atoms with Crippen LogP contribution in [0.2, 0.25) is 0 Å². The van der Waals surface area contributed by atoms with Gasteiger partial charge in [0.2, 0.25) is 18.0 Å². The predicted octanol–water partition coefficient (Wildman–Crippen LogP) is 0.422. The first kappa shape index (κ1) is 11.7. The average molecular weight is 251 g/mol. The molecule has 10 heteroatoms. The van der Waals surface area contributed by atoms with Crippen LogP contribution in [0.4, 0.5) is 17.3 Å². The van der Waals surface area contributed by atoms with Crippen molar-refractivity contribution in [3.05, 3.63) is 28.7 Å². The lowest BCUT2D eigenvalue weighted by Crippen LogP contribution is -2.08. The Hall–Kier alpha value is -2.78. The Kier molecular flexibility index (Phi) is 3.27. The van der Waals surface area contributed by atoms with Crippen LogP contribution in [0.3, 0.4) is 0 Å². The predicted molar refractivity (Wildman–Crippen MR) is 59.9 cm³/mol. The molecule has 0 amide bonds. The molecule has 0 spiro atoms. The summed E-state index contributed by atoms with van der Waals surface area (Å²) in [5.41, 5.74) is -0.233. The van der Waals surface area contributed by atoms with Crippen LogP contribution in [0.25, 0.3) is 0 Å². The second kappa shape index (κ2) is 5.03. The Morgan fingerprint density at radius 1 is 1.39 bits per heavy atom. The molecule has 2 aromatic rings. The highest BCUT2D eigenvalue weighted by molar-refractivity contribution is 5.68. The minimum atomic E-state index is -0.565. The molecule has 0 saturated carbocycles. The molecule has 0 saturated heterocycles. The topological polar surface area (TPSA) is 132 Å². The third-order valence-electron chi connectivity index (χ3n) is 2.06. The van der Waals surface area contributed by atoms with Crippen LogP contribution in [0, 0.1) is 10.1 Å². The summed E-state index contributed by atoms with van der Waals surface area (Å²) in [7, 11) is 1.54. The van der Waals surface area contributed by atoms with Crippen molar-refractivity contribution < 1.29 is 9.45 Å². The van der Waals surface area contributed by atoms with E-state index in [0.29, 0.717) is 5.82 Å². The fraction of sp³-hybridized carbons (Fsp3) is 0.250. The van der Waals surface area contributed by atoms with Crippen molar-refractivity contribution in [2.75, 3.05) is 17.7 Å². The zero-order valence-electron chi connectivity index (χ0n) is 9.32. The van der Waals surface area contributed by atoms with Gasteiger partial charge in [-0.2, -0.15) is 4.98 Å². The fourth-order valence-electron chi connectivity index (χ4n) is 1.30. The van der Waals surface area contributed by atoms with E-state index in [9.17, 15) is 10.1 Å². The first-order chi connectivity index (χ1) is 8.72. The number of hydrogen-bond donors (Lipinski definition) is 2. The number of anilines is 2. The first-order valence-electron chi connectivity index (χ1n) is 4.88. The van der Waals surface area contributed by atoms with Gasteiger partial charge in [-0.1, -0.05) is 5.16 Å². The van der Waals surface area contributed by atoms with Gasteiger partial charge >= 0.3 is 5.69 Å². The van der Waals surface area contributed by atoms with E-state index < -0.39 is 4.92 Å². The van der Waals surface area contributed by atoms with Crippen molar-refractivity contribution in [2.45, 2.75) is 6.54 Å². The molecule has 10 nitrogen and oxygen atoms in total. The zero-order valence-corrected chi connectivity index (χ0v) is 9.32. The maximum Gasteiger partial charge on any atom is 0.353 e. The Morgan fingerprint density at radius 3 is 2.78 bits per heavy atom. The van der Waals surface area contributed by atoms with Crippen LogP contribution < -0.4 is 10.6 Å². The Balaban J connectivity index is 2.24. The summed E-state index contributed by atoms with van der Waals surface area (Å²) >= 11 is 0. The number of nitrogens with zero attached hydrogens (tertiary/aromatic N) is 5. The normalized spacial score (nSPS) is 10.1. The lowest BCUT2D eigenvalue weighted by Gasteiger charge is -2.06. The van der Waals surface area contributed by atoms with Crippen LogP contribution >= 0.6 is 0 Å². The van der Waals surface area contributed by atoms with Gasteiger partial charge in [0.05, 0.1) is 11.5 Å². The standard InChI is InChI=1S/C8H9N7O3/c1-9-7-6(15(16)17)8(12-3-11-7)10-2-5-13-4-18-14-5/h3-4H,2H2,1H3,(H2,9,10,11,12). The quantitative estimate of drug-likeness (QED) is 0.572. The number of aromatic nitrogens is 4. The maximum atomic E-state index is 11.0. The Morgan fingerprint density at radius 2 is 2.17 bits per heavy atom. The van der Waals surface area contributed by atoms with Crippen LogP contribution in [0.5, 0.6) is 0 Å². The van der Waals surface area contributed by atoms with Gasteiger partial charge < -0.3 is 15.2 Å². The Labute approximate surface area is 101 Å². The molecule has 0 bridgehead atoms. The molecule has 2 heterocycles. The van der Waals surface area contributed by atoms with Gasteiger partial charge in [-0.3, -0.25) is 10.1 Å². The maximum absolute atomic E-state index is 11.0. The van der Waals surface area contributed by atoms with Crippen molar-refractivity contribution in [3.8, 4) is 0 Å². The molecule has 2 rings (SSSR count). The van der Waals surface area contributed by atoms with Gasteiger partial charge in [-0.15, -0.1) is 0 Å². The monoisotopic (exact) mass is 251 g/mol. The minimum absolute atomic E-state index is 0.0872. The van der Waals surface area contributed by atoms with Crippen molar-refractivity contribution in [2.24, 2.45) is 0 Å². The van der Waals surface area contributed by atoms with Crippen LogP contribution in [0.1, 0.15) is 5.82 Å². The van der Waals surface area contributed by atoms with E-state index in [1.807, 2.05) is 0 Å². The highest BCUT2D eigenvalue weighted by Gasteiger charge is 2.22. The molecule has 0 aliphatic carbocycles. The highest BCUT2D eigenvalue weighted by Crippen LogP contribution is 2.28. The van der Waals surface area contributed by atoms with E-state index in [0.717, 1.165) is 0 Å². The number of nitrogens with one attached hydrogen (secondary N) is 2. The molecular formula is C8H9N7O3. The van der Waals surface area contributed by atoms with E-state index in [2.05, 4.69) is 35.3 Å². The molecule has 0 unspecified atom stereocenters. The number of nitro groups is 1. The molecule has 0 aliphatic heterocycles. The third-order valence-corrected chi connectivity index (χ3v) is 2.06. The highest BCUT2D eigenvalue weighted by atomic mass is 16.6. The molecule has 2 N–H and O–H groups in total. The largest absolute Gasteiger partial charge is 0.367 e. The summed E-state index contributed by atoms with van der Waals surface area (Å²) in [4.78, 5) is 21.8. The SMILES string of the molecule is CNc1ncnc(NCc2ncon2)c1[N+](=O)[O-]. The number of hydrogen-bond acceptors (Lipinski definition) is 9. The van der Waals surface area contributed by atoms with Crippen LogP contribution in [0.15, 0.2) is 17.2 Å². The molecular weight excluding hydrogens is 242 g/mol. The van der Waals surface area contributed by atoms with E-state index in [-0.39, 0.29) is 23.9 Å². The molecule has 2 aromatic heterocycles. The number of rotatable bonds is 5. The molecule has 0 radical (unpaired) electrons. The van der Waals surface area contributed by atoms with Crippen LogP contribution in [-0.2, 0) is 6.54 Å². The minimum Gasteiger partial charge on any atom is -0.367 e. The summed E-state index contributed by atoms with van der Waals surface area (Å²) in [6, 6.07) is 0. The summed E-state index contributed by atoms with van der Waals surface area (Å²) < 4.78 is 4.55. The molecule has 0 fully saturated rings. The summed E-state index contributed by atoms with van der Waals surface area (Å²) in [5.74, 6) is 0.587. The second-order valence-electron chi connectivity index (χ2n) is 3.13. The van der Waals surface area contributed by atoms with Gasteiger partial charge in [0.25, 0.3) is 0 Å². The van der Waals surface area contributed by atoms with Gasteiger partial charge in [0, 0.05) is 7.05 Å². The van der Waals surface area contributed by atoms with Crippen LogP contribution in [-0.4, -0.2) is 32.1 Å². The van der Waals surface area contributed by atoms with E-state index in [1.165, 1.54) is 19.8 Å². The van der Waals surface area contributed by atoms with E-state index in [1.54, 1.807) is 0 Å². The van der Waals surface area contributed by atoms with E-state index in [4.69, 9.17) is 0 Å². The van der Waals surface area contributed by atoms with Crippen molar-refractivity contribution >= 4 is 17.3 Å². The summed E-state index contributed by atoms with van der Waals surface area (Å²) in [6.07, 6.45) is 2.39. The van der Waals surface area contributed by atoms with E-state index >= 15 is 0 Å². The van der Waals surface area contributed by atoms with Gasteiger partial charge in [-0.25, -0.2) is 9.97 Å². The van der Waals surface area contributed by atoms with Gasteiger partial charge in [0.1, 0.15) is 6.33 Å². The lowest BCUT2D eigenvalue weighted by molar-refractivity contribution is -0.383. The Bertz CT molecular complexity index is 542. The first-order valence-corrected chi connectivity index (χ1v) is 4.88. The third kappa shape index (κ3) is 2.31. The molecule has 94 valence electrons. The fourth-order valence-corrected chi connectivity index (χ4v) is 1.30. The van der Waals surface area contributed by atoms with Gasteiger partial charge in [0.15, 0.2) is 5.82 Å². The molecule has 0 atom stereocenters. The smallest absolute Gasteiger partial charge is 0.353 e. The zero-order chi connectivity index (χ0) is 13.0. The van der Waals surface area contributed by atoms with Crippen molar-refractivity contribution in [3.63, 3.8) is 0 Å². The van der Waals surface area contributed by atoms with Crippen molar-refractivity contribution in [1.29, 1.82) is 0 Å².